The Morgan fingerprint density at radius 1 is 1.28 bits per heavy atom. The molecule has 0 radical (unpaired) electrons. The molecule has 25 heavy (non-hydrogen) atoms. The zero-order valence-electron chi connectivity index (χ0n) is 14.6. The van der Waals surface area contributed by atoms with E-state index in [0.29, 0.717) is 39.0 Å². The minimum Gasteiger partial charge on any atom is -0.339 e. The van der Waals surface area contributed by atoms with Crippen molar-refractivity contribution in [1.82, 2.24) is 14.8 Å². The first-order chi connectivity index (χ1) is 11.9. The second kappa shape index (κ2) is 6.04. The summed E-state index contributed by atoms with van der Waals surface area (Å²) in [5.41, 5.74) is -1.26. The summed E-state index contributed by atoms with van der Waals surface area (Å²) in [6.45, 7) is 4.14. The highest BCUT2D eigenvalue weighted by Crippen LogP contribution is 2.43. The van der Waals surface area contributed by atoms with Crippen molar-refractivity contribution < 1.29 is 14.0 Å². The van der Waals surface area contributed by atoms with E-state index in [2.05, 4.69) is 4.98 Å². The van der Waals surface area contributed by atoms with E-state index >= 15 is 0 Å². The molecule has 2 saturated heterocycles. The molecule has 1 aromatic rings. The monoisotopic (exact) mass is 365 g/mol. The number of likely N-dealkylation sites (tertiary alicyclic amines) is 2. The second-order valence-electron chi connectivity index (χ2n) is 7.76. The first kappa shape index (κ1) is 16.9. The number of hydrogen-bond donors (Lipinski definition) is 0. The van der Waals surface area contributed by atoms with Crippen molar-refractivity contribution in [2.75, 3.05) is 19.6 Å². The number of alkyl halides is 1. The molecule has 1 aromatic heterocycles. The summed E-state index contributed by atoms with van der Waals surface area (Å²) < 4.78 is 14.5. The van der Waals surface area contributed by atoms with Gasteiger partial charge in [0, 0.05) is 25.0 Å². The van der Waals surface area contributed by atoms with Crippen LogP contribution in [-0.2, 0) is 16.1 Å². The number of nitrogens with zero attached hydrogens (tertiary/aromatic N) is 3. The van der Waals surface area contributed by atoms with Crippen LogP contribution in [-0.4, -0.2) is 51.9 Å². The summed E-state index contributed by atoms with van der Waals surface area (Å²) in [7, 11) is 0. The molecule has 1 aliphatic carbocycles. The average Bonchev–Trinajstić information content (AvgIpc) is 3.11. The maximum Gasteiger partial charge on any atom is 0.260 e. The van der Waals surface area contributed by atoms with E-state index in [-0.39, 0.29) is 11.8 Å². The maximum absolute atomic E-state index is 14.5. The molecule has 2 amide bonds. The van der Waals surface area contributed by atoms with Gasteiger partial charge >= 0.3 is 0 Å². The van der Waals surface area contributed by atoms with Gasteiger partial charge in [-0.05, 0) is 45.4 Å². The number of piperidine rings is 1. The first-order valence-corrected chi connectivity index (χ1v) is 9.99. The van der Waals surface area contributed by atoms with Gasteiger partial charge in [0.2, 0.25) is 5.91 Å². The maximum atomic E-state index is 14.5. The van der Waals surface area contributed by atoms with Crippen molar-refractivity contribution in [1.29, 1.82) is 0 Å². The summed E-state index contributed by atoms with van der Waals surface area (Å²) >= 11 is 1.59. The van der Waals surface area contributed by atoms with Gasteiger partial charge < -0.3 is 9.80 Å². The van der Waals surface area contributed by atoms with Gasteiger partial charge in [0.1, 0.15) is 0 Å². The lowest BCUT2D eigenvalue weighted by atomic mass is 9.76. The normalized spacial score (nSPS) is 28.5. The standard InChI is InChI=1S/C18H24FN3O2S/c1-13-20-14(11-25-13)10-21-9-7-17(15(21)23)4-3-8-22(12-17)16(24)18(19)5-2-6-18/h11H,2-10,12H2,1H3. The Morgan fingerprint density at radius 3 is 2.72 bits per heavy atom. The molecule has 1 unspecified atom stereocenters. The SMILES string of the molecule is Cc1nc(CN2CCC3(CCCN(C(=O)C4(F)CCC4)C3)C2=O)cs1. The van der Waals surface area contributed by atoms with Gasteiger partial charge in [0.05, 0.1) is 22.7 Å². The predicted molar refractivity (Wildman–Crippen MR) is 92.8 cm³/mol. The fourth-order valence-corrected chi connectivity index (χ4v) is 4.99. The molecule has 3 fully saturated rings. The summed E-state index contributed by atoms with van der Waals surface area (Å²) in [5.74, 6) is -0.281. The summed E-state index contributed by atoms with van der Waals surface area (Å²) in [6, 6.07) is 0. The Morgan fingerprint density at radius 2 is 2.08 bits per heavy atom. The van der Waals surface area contributed by atoms with Crippen molar-refractivity contribution in [2.24, 2.45) is 5.41 Å². The molecule has 3 heterocycles. The smallest absolute Gasteiger partial charge is 0.260 e. The van der Waals surface area contributed by atoms with Crippen molar-refractivity contribution in [3.63, 3.8) is 0 Å². The number of aryl methyl sites for hydroxylation is 1. The number of aromatic nitrogens is 1. The van der Waals surface area contributed by atoms with E-state index in [1.165, 1.54) is 0 Å². The van der Waals surface area contributed by atoms with Gasteiger partial charge in [-0.15, -0.1) is 11.3 Å². The van der Waals surface area contributed by atoms with Crippen LogP contribution in [0.2, 0.25) is 0 Å². The van der Waals surface area contributed by atoms with Crippen molar-refractivity contribution in [3.05, 3.63) is 16.1 Å². The fraction of sp³-hybridized carbons (Fsp3) is 0.722. The molecule has 1 atom stereocenters. The lowest BCUT2D eigenvalue weighted by Gasteiger charge is -2.43. The zero-order valence-corrected chi connectivity index (χ0v) is 15.4. The van der Waals surface area contributed by atoms with Crippen LogP contribution < -0.4 is 0 Å². The Labute approximate surface area is 151 Å². The summed E-state index contributed by atoms with van der Waals surface area (Å²) in [6.07, 6.45) is 3.76. The Kier molecular flexibility index (Phi) is 4.09. The molecule has 0 aromatic carbocycles. The van der Waals surface area contributed by atoms with Gasteiger partial charge in [-0.25, -0.2) is 9.37 Å². The number of thiazole rings is 1. The molecule has 2 aliphatic heterocycles. The third-order valence-electron chi connectivity index (χ3n) is 6.01. The predicted octanol–water partition coefficient (Wildman–Crippen LogP) is 2.68. The van der Waals surface area contributed by atoms with Crippen LogP contribution >= 0.6 is 11.3 Å². The molecule has 0 bridgehead atoms. The highest BCUT2D eigenvalue weighted by atomic mass is 32.1. The van der Waals surface area contributed by atoms with Gasteiger partial charge in [0.25, 0.3) is 5.91 Å². The highest BCUT2D eigenvalue weighted by Gasteiger charge is 2.53. The number of amides is 2. The van der Waals surface area contributed by atoms with Crippen LogP contribution in [0.3, 0.4) is 0 Å². The molecule has 7 heteroatoms. The minimum absolute atomic E-state index is 0.108. The average molecular weight is 365 g/mol. The molecule has 4 rings (SSSR count). The van der Waals surface area contributed by atoms with E-state index in [1.54, 1.807) is 16.2 Å². The molecular formula is C18H24FN3O2S. The van der Waals surface area contributed by atoms with Crippen LogP contribution in [0, 0.1) is 12.3 Å². The van der Waals surface area contributed by atoms with E-state index in [4.69, 9.17) is 0 Å². The van der Waals surface area contributed by atoms with E-state index in [0.717, 1.165) is 36.4 Å². The molecule has 1 saturated carbocycles. The Balaban J connectivity index is 1.46. The van der Waals surface area contributed by atoms with Gasteiger partial charge in [0.15, 0.2) is 5.67 Å². The van der Waals surface area contributed by atoms with Crippen molar-refractivity contribution in [2.45, 2.75) is 57.7 Å². The highest BCUT2D eigenvalue weighted by molar-refractivity contribution is 7.09. The second-order valence-corrected chi connectivity index (χ2v) is 8.83. The van der Waals surface area contributed by atoms with E-state index in [1.807, 2.05) is 17.2 Å². The van der Waals surface area contributed by atoms with Gasteiger partial charge in [-0.2, -0.15) is 0 Å². The van der Waals surface area contributed by atoms with E-state index < -0.39 is 11.1 Å². The zero-order chi connectivity index (χ0) is 17.7. The van der Waals surface area contributed by atoms with Crippen molar-refractivity contribution >= 4 is 23.2 Å². The molecule has 1 spiro atoms. The Bertz CT molecular complexity index is 702. The number of carbonyl (C=O) groups excluding carboxylic acids is 2. The first-order valence-electron chi connectivity index (χ1n) is 9.11. The summed E-state index contributed by atoms with van der Waals surface area (Å²) in [5, 5.41) is 2.99. The lowest BCUT2D eigenvalue weighted by Crippen LogP contribution is -2.56. The number of rotatable bonds is 3. The third-order valence-corrected chi connectivity index (χ3v) is 6.84. The number of carbonyl (C=O) groups is 2. The largest absolute Gasteiger partial charge is 0.339 e. The topological polar surface area (TPSA) is 53.5 Å². The van der Waals surface area contributed by atoms with Crippen LogP contribution in [0.15, 0.2) is 5.38 Å². The molecule has 136 valence electrons. The molecular weight excluding hydrogens is 341 g/mol. The van der Waals surface area contributed by atoms with Crippen molar-refractivity contribution in [3.8, 4) is 0 Å². The van der Waals surface area contributed by atoms with Crippen LogP contribution in [0.4, 0.5) is 4.39 Å². The Hall–Kier alpha value is -1.50. The molecule has 0 N–H and O–H groups in total. The van der Waals surface area contributed by atoms with Gasteiger partial charge in [-0.3, -0.25) is 9.59 Å². The lowest BCUT2D eigenvalue weighted by molar-refractivity contribution is -0.156. The molecule has 5 nitrogen and oxygen atoms in total. The quantitative estimate of drug-likeness (QED) is 0.828. The summed E-state index contributed by atoms with van der Waals surface area (Å²) in [4.78, 5) is 33.5. The van der Waals surface area contributed by atoms with Crippen LogP contribution in [0.1, 0.15) is 49.2 Å². The molecule has 3 aliphatic rings. The minimum atomic E-state index is -1.67. The number of halogens is 1. The van der Waals surface area contributed by atoms with Gasteiger partial charge in [-0.1, -0.05) is 0 Å². The third kappa shape index (κ3) is 2.86. The van der Waals surface area contributed by atoms with E-state index in [9.17, 15) is 14.0 Å². The van der Waals surface area contributed by atoms with Crippen LogP contribution in [0.5, 0.6) is 0 Å². The van der Waals surface area contributed by atoms with Crippen LogP contribution in [0.25, 0.3) is 0 Å². The number of hydrogen-bond acceptors (Lipinski definition) is 4. The fourth-order valence-electron chi connectivity index (χ4n) is 4.39.